The maximum absolute atomic E-state index is 13.3. The molecule has 32 heavy (non-hydrogen) atoms. The molecule has 4 rings (SSSR count). The number of aliphatic hydroxyl groups is 1. The number of hydrogen-bond acceptors (Lipinski definition) is 5. The van der Waals surface area contributed by atoms with Crippen molar-refractivity contribution in [2.75, 3.05) is 0 Å². The predicted octanol–water partition coefficient (Wildman–Crippen LogP) is 4.64. The summed E-state index contributed by atoms with van der Waals surface area (Å²) in [7, 11) is 1.79. The summed E-state index contributed by atoms with van der Waals surface area (Å²) in [6.07, 6.45) is 1.81. The number of hydrogen-bond donors (Lipinski definition) is 1. The first-order valence-corrected chi connectivity index (χ1v) is 10.6. The largest absolute Gasteiger partial charge is 0.384 e. The van der Waals surface area contributed by atoms with Gasteiger partial charge in [0.05, 0.1) is 32.8 Å². The third-order valence-electron chi connectivity index (χ3n) is 5.06. The number of rotatable bonds is 5. The van der Waals surface area contributed by atoms with Gasteiger partial charge in [0.15, 0.2) is 5.82 Å². The van der Waals surface area contributed by atoms with E-state index in [4.69, 9.17) is 23.2 Å². The average Bonchev–Trinajstić information content (AvgIpc) is 3.19. The Bertz CT molecular complexity index is 1290. The van der Waals surface area contributed by atoms with E-state index in [-0.39, 0.29) is 5.82 Å². The number of aromatic nitrogens is 6. The molecule has 0 fully saturated rings. The Balaban J connectivity index is 1.71. The minimum Gasteiger partial charge on any atom is -0.384 e. The van der Waals surface area contributed by atoms with Gasteiger partial charge in [0.25, 0.3) is 0 Å². The fraction of sp³-hybridized carbons (Fsp3) is 0.273. The molecule has 0 aliphatic carbocycles. The molecule has 7 nitrogen and oxygen atoms in total. The molecule has 0 aliphatic heterocycles. The Labute approximate surface area is 194 Å². The zero-order chi connectivity index (χ0) is 23.2. The van der Waals surface area contributed by atoms with Gasteiger partial charge in [-0.15, -0.1) is 0 Å². The maximum Gasteiger partial charge on any atom is 0.157 e. The molecule has 4 aromatic rings. The molecule has 3 heterocycles. The molecule has 1 aromatic carbocycles. The lowest BCUT2D eigenvalue weighted by atomic mass is 10.1. The van der Waals surface area contributed by atoms with E-state index in [9.17, 15) is 9.50 Å². The normalized spacial score (nSPS) is 11.9. The van der Waals surface area contributed by atoms with Crippen LogP contribution in [0.5, 0.6) is 0 Å². The van der Waals surface area contributed by atoms with Crippen LogP contribution in [0.4, 0.5) is 4.39 Å². The van der Waals surface area contributed by atoms with Crippen molar-refractivity contribution in [1.82, 2.24) is 29.5 Å². The average molecular weight is 475 g/mol. The Morgan fingerprint density at radius 3 is 2.41 bits per heavy atom. The summed E-state index contributed by atoms with van der Waals surface area (Å²) in [4.78, 5) is 8.67. The lowest BCUT2D eigenvalue weighted by Crippen LogP contribution is -2.22. The van der Waals surface area contributed by atoms with Gasteiger partial charge in [-0.3, -0.25) is 4.68 Å². The zero-order valence-corrected chi connectivity index (χ0v) is 19.4. The molecule has 0 spiro atoms. The smallest absolute Gasteiger partial charge is 0.157 e. The highest BCUT2D eigenvalue weighted by molar-refractivity contribution is 6.33. The number of nitrogens with zero attached hydrogens (tertiary/aromatic N) is 6. The lowest BCUT2D eigenvalue weighted by Gasteiger charge is -2.19. The van der Waals surface area contributed by atoms with Crippen LogP contribution in [0.15, 0.2) is 36.7 Å². The Morgan fingerprint density at radius 1 is 1.06 bits per heavy atom. The van der Waals surface area contributed by atoms with Crippen LogP contribution in [0.25, 0.3) is 17.1 Å². The minimum absolute atomic E-state index is 0.325. The molecular formula is C22H21Cl2FN6O. The van der Waals surface area contributed by atoms with Gasteiger partial charge in [-0.1, -0.05) is 23.2 Å². The van der Waals surface area contributed by atoms with Crippen LogP contribution in [-0.4, -0.2) is 34.6 Å². The topological polar surface area (TPSA) is 81.7 Å². The van der Waals surface area contributed by atoms with Crippen LogP contribution in [0, 0.1) is 12.7 Å². The van der Waals surface area contributed by atoms with Gasteiger partial charge >= 0.3 is 0 Å². The lowest BCUT2D eigenvalue weighted by molar-refractivity contribution is 0.0711. The van der Waals surface area contributed by atoms with Crippen molar-refractivity contribution in [3.63, 3.8) is 0 Å². The van der Waals surface area contributed by atoms with Gasteiger partial charge in [0, 0.05) is 25.1 Å². The van der Waals surface area contributed by atoms with Gasteiger partial charge in [0.2, 0.25) is 0 Å². The molecule has 0 radical (unpaired) electrons. The molecule has 3 aromatic heterocycles. The summed E-state index contributed by atoms with van der Waals surface area (Å²) in [6, 6.07) is 7.78. The summed E-state index contributed by atoms with van der Waals surface area (Å²) in [6.45, 7) is 5.04. The van der Waals surface area contributed by atoms with E-state index in [0.29, 0.717) is 45.1 Å². The molecule has 0 unspecified atom stereocenters. The van der Waals surface area contributed by atoms with Crippen LogP contribution in [0.1, 0.15) is 36.6 Å². The fourth-order valence-electron chi connectivity index (χ4n) is 3.49. The molecular weight excluding hydrogens is 454 g/mol. The van der Waals surface area contributed by atoms with E-state index in [2.05, 4.69) is 20.2 Å². The highest BCUT2D eigenvalue weighted by atomic mass is 35.5. The molecule has 0 saturated carbocycles. The van der Waals surface area contributed by atoms with Gasteiger partial charge in [-0.2, -0.15) is 10.2 Å². The molecule has 0 atom stereocenters. The van der Waals surface area contributed by atoms with Crippen molar-refractivity contribution < 1.29 is 9.50 Å². The van der Waals surface area contributed by atoms with Crippen molar-refractivity contribution in [2.24, 2.45) is 7.05 Å². The second kappa shape index (κ2) is 8.27. The first-order chi connectivity index (χ1) is 15.1. The van der Waals surface area contributed by atoms with Crippen LogP contribution >= 0.6 is 23.2 Å². The van der Waals surface area contributed by atoms with E-state index in [1.54, 1.807) is 50.7 Å². The Morgan fingerprint density at radius 2 is 1.75 bits per heavy atom. The van der Waals surface area contributed by atoms with E-state index < -0.39 is 5.60 Å². The van der Waals surface area contributed by atoms with Crippen molar-refractivity contribution in [1.29, 1.82) is 0 Å². The Kier molecular flexibility index (Phi) is 5.79. The van der Waals surface area contributed by atoms with Crippen LogP contribution < -0.4 is 0 Å². The second-order valence-electron chi connectivity index (χ2n) is 8.00. The van der Waals surface area contributed by atoms with E-state index >= 15 is 0 Å². The molecule has 0 amide bonds. The van der Waals surface area contributed by atoms with Crippen LogP contribution in [0.3, 0.4) is 0 Å². The first kappa shape index (κ1) is 22.4. The summed E-state index contributed by atoms with van der Waals surface area (Å²) in [5.74, 6) is 0.146. The van der Waals surface area contributed by atoms with E-state index in [1.807, 2.05) is 0 Å². The summed E-state index contributed by atoms with van der Waals surface area (Å²) in [5, 5.41) is 20.4. The van der Waals surface area contributed by atoms with Crippen molar-refractivity contribution in [3.8, 4) is 17.1 Å². The van der Waals surface area contributed by atoms with Gasteiger partial charge in [-0.25, -0.2) is 19.0 Å². The third-order valence-corrected chi connectivity index (χ3v) is 5.91. The Hall–Kier alpha value is -2.81. The number of halogens is 3. The zero-order valence-electron chi connectivity index (χ0n) is 17.9. The molecule has 0 bridgehead atoms. The SMILES string of the molecule is Cc1nn(-c2cc(Cc3c(Cl)c(-c4ccc(F)cc4)nn3C)ncn2)c(C(C)(C)O)c1Cl. The minimum atomic E-state index is -1.22. The summed E-state index contributed by atoms with van der Waals surface area (Å²) in [5.41, 5.74) is 2.51. The van der Waals surface area contributed by atoms with E-state index in [1.165, 1.54) is 23.1 Å². The second-order valence-corrected chi connectivity index (χ2v) is 8.76. The molecule has 1 N–H and O–H groups in total. The number of aryl methyl sites for hydroxylation is 2. The molecule has 0 aliphatic rings. The predicted molar refractivity (Wildman–Crippen MR) is 121 cm³/mol. The summed E-state index contributed by atoms with van der Waals surface area (Å²) >= 11 is 13.0. The molecule has 166 valence electrons. The highest BCUT2D eigenvalue weighted by Gasteiger charge is 2.28. The number of benzene rings is 1. The maximum atomic E-state index is 13.3. The quantitative estimate of drug-likeness (QED) is 0.455. The molecule has 10 heteroatoms. The van der Waals surface area contributed by atoms with Crippen LogP contribution in [-0.2, 0) is 19.1 Å². The first-order valence-electron chi connectivity index (χ1n) is 9.83. The van der Waals surface area contributed by atoms with Crippen LogP contribution in [0.2, 0.25) is 10.0 Å². The fourth-order valence-corrected chi connectivity index (χ4v) is 4.17. The van der Waals surface area contributed by atoms with Gasteiger partial charge in [0.1, 0.15) is 23.4 Å². The highest BCUT2D eigenvalue weighted by Crippen LogP contribution is 2.33. The van der Waals surface area contributed by atoms with Crippen molar-refractivity contribution in [2.45, 2.75) is 32.8 Å². The van der Waals surface area contributed by atoms with Gasteiger partial charge in [-0.05, 0) is 45.0 Å². The molecule has 0 saturated heterocycles. The van der Waals surface area contributed by atoms with Crippen molar-refractivity contribution in [3.05, 3.63) is 75.3 Å². The monoisotopic (exact) mass is 474 g/mol. The van der Waals surface area contributed by atoms with Gasteiger partial charge < -0.3 is 5.11 Å². The standard InChI is InChI=1S/C22H21Cl2FN6O/c1-12-18(23)21(22(2,3)32)31(28-12)17-10-15(26-11-27-17)9-16-19(24)20(29-30(16)4)13-5-7-14(25)8-6-13/h5-8,10-11,32H,9H2,1-4H3. The third kappa shape index (κ3) is 4.13. The van der Waals surface area contributed by atoms with Crippen molar-refractivity contribution >= 4 is 23.2 Å². The summed E-state index contributed by atoms with van der Waals surface area (Å²) < 4.78 is 16.5. The van der Waals surface area contributed by atoms with E-state index in [0.717, 1.165) is 11.3 Å².